The van der Waals surface area contributed by atoms with Crippen LogP contribution in [0.5, 0.6) is 0 Å². The van der Waals surface area contributed by atoms with Crippen LogP contribution in [0.1, 0.15) is 31.2 Å². The van der Waals surface area contributed by atoms with E-state index in [1.165, 1.54) is 0 Å². The fourth-order valence-electron chi connectivity index (χ4n) is 2.94. The van der Waals surface area contributed by atoms with Crippen molar-refractivity contribution in [1.29, 1.82) is 0 Å². The number of carbonyl (C=O) groups is 3. The van der Waals surface area contributed by atoms with E-state index in [1.807, 2.05) is 24.3 Å². The molecule has 2 aliphatic rings. The van der Waals surface area contributed by atoms with Crippen LogP contribution in [0.3, 0.4) is 0 Å². The van der Waals surface area contributed by atoms with Crippen molar-refractivity contribution in [1.82, 2.24) is 9.80 Å². The van der Waals surface area contributed by atoms with Crippen molar-refractivity contribution in [3.8, 4) is 0 Å². The Morgan fingerprint density at radius 1 is 1.16 bits per heavy atom. The third-order valence-electron chi connectivity index (χ3n) is 4.27. The van der Waals surface area contributed by atoms with E-state index < -0.39 is 5.91 Å². The third kappa shape index (κ3) is 4.52. The molecule has 2 heterocycles. The van der Waals surface area contributed by atoms with Crippen LogP contribution in [-0.2, 0) is 9.59 Å². The lowest BCUT2D eigenvalue weighted by atomic mass is 10.2. The van der Waals surface area contributed by atoms with Gasteiger partial charge in [-0.05, 0) is 48.4 Å². The maximum Gasteiger partial charge on any atom is 0.294 e. The first-order valence-corrected chi connectivity index (χ1v) is 9.94. The van der Waals surface area contributed by atoms with Crippen molar-refractivity contribution < 1.29 is 14.4 Å². The molecule has 1 aromatic rings. The molecule has 0 aromatic heterocycles. The Hall–Kier alpha value is -1.60. The Labute approximate surface area is 159 Å². The molecule has 3 rings (SSSR count). The number of amides is 3. The molecule has 0 unspecified atom stereocenters. The number of nitrogens with zero attached hydrogens (tertiary/aromatic N) is 2. The molecule has 0 N–H and O–H groups in total. The zero-order chi connectivity index (χ0) is 17.8. The Morgan fingerprint density at radius 2 is 1.88 bits per heavy atom. The maximum absolute atomic E-state index is 12.5. The molecule has 0 saturated carbocycles. The number of imide groups is 1. The van der Waals surface area contributed by atoms with Crippen LogP contribution in [0.2, 0.25) is 0 Å². The first-order chi connectivity index (χ1) is 12.0. The number of carbonyl (C=O) groups excluding carboxylic acids is 3. The van der Waals surface area contributed by atoms with Crippen LogP contribution >= 0.6 is 27.7 Å². The van der Waals surface area contributed by atoms with Gasteiger partial charge in [0, 0.05) is 17.6 Å². The van der Waals surface area contributed by atoms with E-state index in [0.29, 0.717) is 18.0 Å². The number of hydrogen-bond donors (Lipinski definition) is 0. The van der Waals surface area contributed by atoms with Crippen LogP contribution in [-0.4, -0.2) is 46.5 Å². The summed E-state index contributed by atoms with van der Waals surface area (Å²) in [6.45, 7) is 1.26. The maximum atomic E-state index is 12.5. The summed E-state index contributed by atoms with van der Waals surface area (Å²) in [4.78, 5) is 40.3. The van der Waals surface area contributed by atoms with Gasteiger partial charge in [0.25, 0.3) is 11.1 Å². The molecule has 132 valence electrons. The van der Waals surface area contributed by atoms with Crippen LogP contribution in [0.4, 0.5) is 4.79 Å². The summed E-state index contributed by atoms with van der Waals surface area (Å²) in [6, 6.07) is 7.49. The van der Waals surface area contributed by atoms with Crippen LogP contribution in [0.15, 0.2) is 33.6 Å². The summed E-state index contributed by atoms with van der Waals surface area (Å²) < 4.78 is 0.900. The molecule has 0 radical (unpaired) electrons. The van der Waals surface area contributed by atoms with Gasteiger partial charge in [-0.2, -0.15) is 0 Å². The first-order valence-electron chi connectivity index (χ1n) is 8.33. The standard InChI is InChI=1S/C18H19BrN2O3S/c19-14-7-5-6-13(10-14)11-15-17(23)21(18(24)25-15)12-16(22)20-8-3-1-2-4-9-20/h5-7,10-11H,1-4,8-9,12H2. The Balaban J connectivity index is 1.69. The van der Waals surface area contributed by atoms with Crippen molar-refractivity contribution in [3.05, 3.63) is 39.2 Å². The lowest BCUT2D eigenvalue weighted by Crippen LogP contribution is -2.42. The second kappa shape index (κ2) is 8.19. The highest BCUT2D eigenvalue weighted by molar-refractivity contribution is 9.10. The van der Waals surface area contributed by atoms with Gasteiger partial charge in [0.05, 0.1) is 4.91 Å². The molecule has 2 aliphatic heterocycles. The van der Waals surface area contributed by atoms with E-state index >= 15 is 0 Å². The predicted molar refractivity (Wildman–Crippen MR) is 102 cm³/mol. The fourth-order valence-corrected chi connectivity index (χ4v) is 4.19. The van der Waals surface area contributed by atoms with E-state index in [-0.39, 0.29) is 17.7 Å². The molecule has 0 spiro atoms. The third-order valence-corrected chi connectivity index (χ3v) is 5.67. The van der Waals surface area contributed by atoms with Crippen molar-refractivity contribution >= 4 is 50.8 Å². The van der Waals surface area contributed by atoms with Crippen molar-refractivity contribution in [3.63, 3.8) is 0 Å². The fraction of sp³-hybridized carbons (Fsp3) is 0.389. The Kier molecular flexibility index (Phi) is 5.96. The van der Waals surface area contributed by atoms with Gasteiger partial charge in [-0.25, -0.2) is 0 Å². The zero-order valence-corrected chi connectivity index (χ0v) is 16.1. The smallest absolute Gasteiger partial charge is 0.294 e. The summed E-state index contributed by atoms with van der Waals surface area (Å²) in [7, 11) is 0. The summed E-state index contributed by atoms with van der Waals surface area (Å²) in [5.41, 5.74) is 0.832. The van der Waals surface area contributed by atoms with Gasteiger partial charge in [-0.15, -0.1) is 0 Å². The highest BCUT2D eigenvalue weighted by Gasteiger charge is 2.37. The monoisotopic (exact) mass is 422 g/mol. The van der Waals surface area contributed by atoms with Gasteiger partial charge in [-0.3, -0.25) is 19.3 Å². The van der Waals surface area contributed by atoms with E-state index in [4.69, 9.17) is 0 Å². The van der Waals surface area contributed by atoms with Gasteiger partial charge in [0.1, 0.15) is 6.54 Å². The molecule has 3 amide bonds. The topological polar surface area (TPSA) is 57.7 Å². The molecule has 0 bridgehead atoms. The number of thioether (sulfide) groups is 1. The minimum Gasteiger partial charge on any atom is -0.341 e. The first kappa shape index (κ1) is 18.2. The van der Waals surface area contributed by atoms with Crippen molar-refractivity contribution in [2.75, 3.05) is 19.6 Å². The van der Waals surface area contributed by atoms with Gasteiger partial charge >= 0.3 is 0 Å². The quantitative estimate of drug-likeness (QED) is 0.693. The molecule has 1 aromatic carbocycles. The number of rotatable bonds is 3. The van der Waals surface area contributed by atoms with Crippen LogP contribution in [0, 0.1) is 0 Å². The molecule has 2 fully saturated rings. The van der Waals surface area contributed by atoms with Crippen LogP contribution in [0.25, 0.3) is 6.08 Å². The van der Waals surface area contributed by atoms with Gasteiger partial charge in [0.2, 0.25) is 5.91 Å². The van der Waals surface area contributed by atoms with Crippen molar-refractivity contribution in [2.45, 2.75) is 25.7 Å². The Bertz CT molecular complexity index is 727. The largest absolute Gasteiger partial charge is 0.341 e. The van der Waals surface area contributed by atoms with Crippen LogP contribution < -0.4 is 0 Å². The van der Waals surface area contributed by atoms with Gasteiger partial charge in [-0.1, -0.05) is 40.9 Å². The van der Waals surface area contributed by atoms with E-state index in [0.717, 1.165) is 52.4 Å². The number of benzene rings is 1. The van der Waals surface area contributed by atoms with E-state index in [1.54, 1.807) is 11.0 Å². The number of halogens is 1. The lowest BCUT2D eigenvalue weighted by Gasteiger charge is -2.22. The van der Waals surface area contributed by atoms with E-state index in [2.05, 4.69) is 15.9 Å². The van der Waals surface area contributed by atoms with Gasteiger partial charge in [0.15, 0.2) is 0 Å². The number of likely N-dealkylation sites (tertiary alicyclic amines) is 1. The average molecular weight is 423 g/mol. The molecule has 7 heteroatoms. The molecule has 2 saturated heterocycles. The predicted octanol–water partition coefficient (Wildman–Crippen LogP) is 3.89. The summed E-state index contributed by atoms with van der Waals surface area (Å²) in [5.74, 6) is -0.536. The molecular weight excluding hydrogens is 404 g/mol. The second-order valence-electron chi connectivity index (χ2n) is 6.12. The highest BCUT2D eigenvalue weighted by Crippen LogP contribution is 2.32. The minimum absolute atomic E-state index is 0.145. The highest BCUT2D eigenvalue weighted by atomic mass is 79.9. The summed E-state index contributed by atoms with van der Waals surface area (Å²) >= 11 is 4.27. The number of hydrogen-bond acceptors (Lipinski definition) is 4. The molecular formula is C18H19BrN2O3S. The molecule has 0 atom stereocenters. The minimum atomic E-state index is -0.391. The SMILES string of the molecule is O=C(CN1C(=O)SC(=Cc2cccc(Br)c2)C1=O)N1CCCCCC1. The second-order valence-corrected chi connectivity index (χ2v) is 8.03. The van der Waals surface area contributed by atoms with Crippen molar-refractivity contribution in [2.24, 2.45) is 0 Å². The molecule has 5 nitrogen and oxygen atoms in total. The zero-order valence-electron chi connectivity index (χ0n) is 13.7. The molecule has 0 aliphatic carbocycles. The van der Waals surface area contributed by atoms with E-state index in [9.17, 15) is 14.4 Å². The van der Waals surface area contributed by atoms with Gasteiger partial charge < -0.3 is 4.90 Å². The summed E-state index contributed by atoms with van der Waals surface area (Å²) in [6.07, 6.45) is 5.90. The lowest BCUT2D eigenvalue weighted by molar-refractivity contribution is -0.135. The normalized spacial score (nSPS) is 20.3. The Morgan fingerprint density at radius 3 is 2.56 bits per heavy atom. The molecule has 25 heavy (non-hydrogen) atoms. The average Bonchev–Trinajstić information content (AvgIpc) is 2.79. The summed E-state index contributed by atoms with van der Waals surface area (Å²) in [5, 5.41) is -0.380.